The van der Waals surface area contributed by atoms with Gasteiger partial charge in [0, 0.05) is 0 Å². The molecule has 0 atom stereocenters. The van der Waals surface area contributed by atoms with Gasteiger partial charge in [0.2, 0.25) is 0 Å². The van der Waals surface area contributed by atoms with Gasteiger partial charge in [0.15, 0.2) is 16.7 Å². The highest BCUT2D eigenvalue weighted by Crippen LogP contribution is 2.36. The number of ether oxygens (including phenoxy) is 2. The Kier molecular flexibility index (Phi) is 8.27. The summed E-state index contributed by atoms with van der Waals surface area (Å²) in [5, 5.41) is 0.665. The standard InChI is InChI=1S/C29H30N2O3S/c1-4-33-26-17-23(15-16-25(26)34-20-21(2)3)18-27-28(32)31(19-22-11-7-5-8-12-22)29(35-27)30-24-13-9-6-10-14-24/h5-18,21H,4,19-20H2,1-3H3/b27-18+,30-29?. The number of carbonyl (C=O) groups is 1. The molecule has 5 nitrogen and oxygen atoms in total. The van der Waals surface area contributed by atoms with Crippen molar-refractivity contribution >= 4 is 34.6 Å². The van der Waals surface area contributed by atoms with Gasteiger partial charge in [0.05, 0.1) is 30.4 Å². The van der Waals surface area contributed by atoms with Gasteiger partial charge in [0.25, 0.3) is 5.91 Å². The fourth-order valence-electron chi connectivity index (χ4n) is 3.52. The molecular weight excluding hydrogens is 456 g/mol. The van der Waals surface area contributed by atoms with E-state index >= 15 is 0 Å². The molecule has 0 bridgehead atoms. The van der Waals surface area contributed by atoms with E-state index in [1.165, 1.54) is 11.8 Å². The second-order valence-corrected chi connectivity index (χ2v) is 9.57. The lowest BCUT2D eigenvalue weighted by Gasteiger charge is -2.15. The topological polar surface area (TPSA) is 51.1 Å². The minimum atomic E-state index is -0.0633. The maximum Gasteiger partial charge on any atom is 0.267 e. The Labute approximate surface area is 211 Å². The van der Waals surface area contributed by atoms with E-state index in [-0.39, 0.29) is 5.91 Å². The zero-order valence-corrected chi connectivity index (χ0v) is 21.1. The minimum absolute atomic E-state index is 0.0633. The highest BCUT2D eigenvalue weighted by molar-refractivity contribution is 8.18. The first-order valence-electron chi connectivity index (χ1n) is 11.8. The Hall–Kier alpha value is -3.51. The van der Waals surface area contributed by atoms with E-state index in [4.69, 9.17) is 14.5 Å². The normalized spacial score (nSPS) is 15.9. The molecule has 0 saturated carbocycles. The fraction of sp³-hybridized carbons (Fsp3) is 0.241. The molecular formula is C29H30N2O3S. The van der Waals surface area contributed by atoms with E-state index in [0.717, 1.165) is 16.8 Å². The second kappa shape index (κ2) is 11.8. The van der Waals surface area contributed by atoms with Crippen LogP contribution in [-0.2, 0) is 11.3 Å². The van der Waals surface area contributed by atoms with Crippen LogP contribution in [0, 0.1) is 5.92 Å². The Morgan fingerprint density at radius 1 is 0.943 bits per heavy atom. The van der Waals surface area contributed by atoms with Gasteiger partial charge in [-0.15, -0.1) is 0 Å². The molecule has 6 heteroatoms. The van der Waals surface area contributed by atoms with Crippen LogP contribution in [0.5, 0.6) is 11.5 Å². The number of para-hydroxylation sites is 1. The van der Waals surface area contributed by atoms with Gasteiger partial charge in [-0.3, -0.25) is 9.69 Å². The van der Waals surface area contributed by atoms with Gasteiger partial charge in [0.1, 0.15) is 0 Å². The molecule has 1 amide bonds. The highest BCUT2D eigenvalue weighted by atomic mass is 32.2. The lowest BCUT2D eigenvalue weighted by atomic mass is 10.1. The van der Waals surface area contributed by atoms with Crippen LogP contribution in [0.2, 0.25) is 0 Å². The number of amidine groups is 1. The van der Waals surface area contributed by atoms with Gasteiger partial charge >= 0.3 is 0 Å². The van der Waals surface area contributed by atoms with Gasteiger partial charge in [-0.2, -0.15) is 0 Å². The summed E-state index contributed by atoms with van der Waals surface area (Å²) in [4.78, 5) is 20.6. The van der Waals surface area contributed by atoms with Gasteiger partial charge < -0.3 is 9.47 Å². The van der Waals surface area contributed by atoms with Gasteiger partial charge in [-0.25, -0.2) is 4.99 Å². The second-order valence-electron chi connectivity index (χ2n) is 8.56. The van der Waals surface area contributed by atoms with Crippen LogP contribution in [0.15, 0.2) is 88.8 Å². The predicted octanol–water partition coefficient (Wildman–Crippen LogP) is 6.92. The summed E-state index contributed by atoms with van der Waals surface area (Å²) < 4.78 is 11.7. The molecule has 4 rings (SSSR count). The Bertz CT molecular complexity index is 1210. The number of thioether (sulfide) groups is 1. The molecule has 1 aliphatic heterocycles. The fourth-order valence-corrected chi connectivity index (χ4v) is 4.52. The van der Waals surface area contributed by atoms with Crippen molar-refractivity contribution in [2.24, 2.45) is 10.9 Å². The first-order valence-corrected chi connectivity index (χ1v) is 12.6. The maximum absolute atomic E-state index is 13.5. The summed E-state index contributed by atoms with van der Waals surface area (Å²) in [7, 11) is 0. The Morgan fingerprint density at radius 3 is 2.34 bits per heavy atom. The third-order valence-electron chi connectivity index (χ3n) is 5.19. The molecule has 3 aromatic rings. The van der Waals surface area contributed by atoms with Crippen LogP contribution in [0.1, 0.15) is 31.9 Å². The maximum atomic E-state index is 13.5. The van der Waals surface area contributed by atoms with Crippen molar-refractivity contribution in [2.75, 3.05) is 13.2 Å². The van der Waals surface area contributed by atoms with Crippen molar-refractivity contribution in [2.45, 2.75) is 27.3 Å². The van der Waals surface area contributed by atoms with Crippen molar-refractivity contribution in [3.05, 3.63) is 94.9 Å². The molecule has 3 aromatic carbocycles. The van der Waals surface area contributed by atoms with Gasteiger partial charge in [-0.1, -0.05) is 68.4 Å². The van der Waals surface area contributed by atoms with Crippen LogP contribution in [0.3, 0.4) is 0 Å². The zero-order chi connectivity index (χ0) is 24.6. The zero-order valence-electron chi connectivity index (χ0n) is 20.3. The first-order chi connectivity index (χ1) is 17.0. The summed E-state index contributed by atoms with van der Waals surface area (Å²) in [5.41, 5.74) is 2.74. The third kappa shape index (κ3) is 6.55. The molecule has 0 N–H and O–H groups in total. The van der Waals surface area contributed by atoms with Crippen LogP contribution >= 0.6 is 11.8 Å². The summed E-state index contributed by atoms with van der Waals surface area (Å²) in [6.45, 7) is 7.77. The molecule has 1 aliphatic rings. The van der Waals surface area contributed by atoms with Crippen molar-refractivity contribution in [1.29, 1.82) is 0 Å². The van der Waals surface area contributed by atoms with E-state index in [2.05, 4.69) is 13.8 Å². The quantitative estimate of drug-likeness (QED) is 0.308. The number of benzene rings is 3. The van der Waals surface area contributed by atoms with Crippen molar-refractivity contribution in [3.63, 3.8) is 0 Å². The number of carbonyl (C=O) groups excluding carboxylic acids is 1. The van der Waals surface area contributed by atoms with Crippen molar-refractivity contribution < 1.29 is 14.3 Å². The first kappa shape index (κ1) is 24.6. The molecule has 1 fully saturated rings. The molecule has 0 radical (unpaired) electrons. The molecule has 0 unspecified atom stereocenters. The average Bonchev–Trinajstić information content (AvgIpc) is 3.13. The summed E-state index contributed by atoms with van der Waals surface area (Å²) in [6, 6.07) is 25.5. The molecule has 1 heterocycles. The van der Waals surface area contributed by atoms with Crippen LogP contribution in [0.25, 0.3) is 6.08 Å². The lowest BCUT2D eigenvalue weighted by molar-refractivity contribution is -0.122. The number of nitrogens with zero attached hydrogens (tertiary/aromatic N) is 2. The van der Waals surface area contributed by atoms with E-state index in [1.54, 1.807) is 4.90 Å². The Balaban J connectivity index is 1.65. The van der Waals surface area contributed by atoms with Crippen LogP contribution < -0.4 is 9.47 Å². The van der Waals surface area contributed by atoms with Gasteiger partial charge in [-0.05, 0) is 66.1 Å². The largest absolute Gasteiger partial charge is 0.490 e. The summed E-state index contributed by atoms with van der Waals surface area (Å²) in [5.74, 6) is 1.74. The predicted molar refractivity (Wildman–Crippen MR) is 144 cm³/mol. The SMILES string of the molecule is CCOc1cc(/C=C2/SC(=Nc3ccccc3)N(Cc3ccccc3)C2=O)ccc1OCC(C)C. The smallest absolute Gasteiger partial charge is 0.267 e. The monoisotopic (exact) mass is 486 g/mol. The van der Waals surface area contributed by atoms with E-state index in [9.17, 15) is 4.79 Å². The molecule has 0 aliphatic carbocycles. The average molecular weight is 487 g/mol. The number of hydrogen-bond donors (Lipinski definition) is 0. The van der Waals surface area contributed by atoms with E-state index in [0.29, 0.717) is 47.2 Å². The molecule has 180 valence electrons. The number of aliphatic imine (C=N–C) groups is 1. The van der Waals surface area contributed by atoms with Crippen molar-refractivity contribution in [1.82, 2.24) is 4.90 Å². The van der Waals surface area contributed by atoms with Crippen LogP contribution in [0.4, 0.5) is 5.69 Å². The summed E-state index contributed by atoms with van der Waals surface area (Å²) in [6.07, 6.45) is 1.90. The Morgan fingerprint density at radius 2 is 1.66 bits per heavy atom. The number of hydrogen-bond acceptors (Lipinski definition) is 5. The molecule has 1 saturated heterocycles. The molecule has 0 spiro atoms. The lowest BCUT2D eigenvalue weighted by Crippen LogP contribution is -2.28. The van der Waals surface area contributed by atoms with E-state index < -0.39 is 0 Å². The number of rotatable bonds is 9. The van der Waals surface area contributed by atoms with Crippen molar-refractivity contribution in [3.8, 4) is 11.5 Å². The summed E-state index contributed by atoms with van der Waals surface area (Å²) >= 11 is 1.39. The third-order valence-corrected chi connectivity index (χ3v) is 6.20. The highest BCUT2D eigenvalue weighted by Gasteiger charge is 2.33. The molecule has 35 heavy (non-hydrogen) atoms. The minimum Gasteiger partial charge on any atom is -0.490 e. The number of amides is 1. The van der Waals surface area contributed by atoms with E-state index in [1.807, 2.05) is 91.9 Å². The molecule has 0 aromatic heterocycles. The van der Waals surface area contributed by atoms with Crippen LogP contribution in [-0.4, -0.2) is 29.2 Å².